The smallest absolute Gasteiger partial charge is 0.319 e. The minimum absolute atomic E-state index is 0.184. The summed E-state index contributed by atoms with van der Waals surface area (Å²) in [5, 5.41) is 3.07. The molecule has 0 spiro atoms. The molecule has 0 aromatic heterocycles. The van der Waals surface area contributed by atoms with Gasteiger partial charge in [-0.3, -0.25) is 4.79 Å². The minimum atomic E-state index is -0.278. The Balaban J connectivity index is 3.02. The Hall–Kier alpha value is -1.07. The van der Waals surface area contributed by atoms with Crippen LogP contribution in [0, 0.1) is 20.8 Å². The standard InChI is InChI=1S/C14H20BrNO3/c1-8-9(2)14(19-5)11(10(3)13(8)15)6-16-7-12(17)18-4/h16H,6-7H2,1-5H3. The van der Waals surface area contributed by atoms with Crippen molar-refractivity contribution in [3.05, 3.63) is 26.7 Å². The number of benzene rings is 1. The Morgan fingerprint density at radius 1 is 1.16 bits per heavy atom. The molecule has 0 atom stereocenters. The van der Waals surface area contributed by atoms with Gasteiger partial charge in [0, 0.05) is 16.6 Å². The molecule has 0 unspecified atom stereocenters. The molecule has 1 rings (SSSR count). The van der Waals surface area contributed by atoms with Crippen LogP contribution in [-0.4, -0.2) is 26.7 Å². The SMILES string of the molecule is COC(=O)CNCc1c(C)c(Br)c(C)c(C)c1OC. The van der Waals surface area contributed by atoms with Gasteiger partial charge in [-0.15, -0.1) is 0 Å². The Morgan fingerprint density at radius 2 is 1.79 bits per heavy atom. The molecule has 0 aliphatic heterocycles. The van der Waals surface area contributed by atoms with Gasteiger partial charge >= 0.3 is 5.97 Å². The van der Waals surface area contributed by atoms with Gasteiger partial charge in [0.1, 0.15) is 5.75 Å². The molecule has 19 heavy (non-hydrogen) atoms. The molecule has 0 aliphatic rings. The third-order valence-electron chi connectivity index (χ3n) is 3.29. The predicted molar refractivity (Wildman–Crippen MR) is 78.6 cm³/mol. The second-order valence-corrected chi connectivity index (χ2v) is 5.17. The van der Waals surface area contributed by atoms with E-state index in [4.69, 9.17) is 4.74 Å². The molecule has 0 bridgehead atoms. The minimum Gasteiger partial charge on any atom is -0.496 e. The molecular weight excluding hydrogens is 310 g/mol. The molecule has 1 aromatic carbocycles. The monoisotopic (exact) mass is 329 g/mol. The summed E-state index contributed by atoms with van der Waals surface area (Å²) < 4.78 is 11.2. The van der Waals surface area contributed by atoms with Gasteiger partial charge in [0.2, 0.25) is 0 Å². The van der Waals surface area contributed by atoms with E-state index in [1.807, 2.05) is 13.8 Å². The van der Waals surface area contributed by atoms with Crippen molar-refractivity contribution in [1.82, 2.24) is 5.32 Å². The van der Waals surface area contributed by atoms with E-state index < -0.39 is 0 Å². The molecule has 0 saturated carbocycles. The molecule has 5 heteroatoms. The fourth-order valence-corrected chi connectivity index (χ4v) is 2.53. The quantitative estimate of drug-likeness (QED) is 0.843. The van der Waals surface area contributed by atoms with Crippen LogP contribution in [0.2, 0.25) is 0 Å². The first-order valence-corrected chi connectivity index (χ1v) is 6.83. The van der Waals surface area contributed by atoms with Crippen LogP contribution in [0.4, 0.5) is 0 Å². The van der Waals surface area contributed by atoms with Gasteiger partial charge in [-0.05, 0) is 37.5 Å². The van der Waals surface area contributed by atoms with Crippen LogP contribution in [0.1, 0.15) is 22.3 Å². The zero-order chi connectivity index (χ0) is 14.6. The van der Waals surface area contributed by atoms with Crippen molar-refractivity contribution >= 4 is 21.9 Å². The lowest BCUT2D eigenvalue weighted by atomic mass is 9.99. The fraction of sp³-hybridized carbons (Fsp3) is 0.500. The van der Waals surface area contributed by atoms with E-state index in [0.717, 1.165) is 26.9 Å². The van der Waals surface area contributed by atoms with Crippen molar-refractivity contribution in [3.8, 4) is 5.75 Å². The van der Waals surface area contributed by atoms with Gasteiger partial charge in [0.15, 0.2) is 0 Å². The lowest BCUT2D eigenvalue weighted by Crippen LogP contribution is -2.24. The lowest BCUT2D eigenvalue weighted by Gasteiger charge is -2.19. The van der Waals surface area contributed by atoms with Crippen LogP contribution in [0.25, 0.3) is 0 Å². The van der Waals surface area contributed by atoms with Crippen LogP contribution >= 0.6 is 15.9 Å². The van der Waals surface area contributed by atoms with E-state index in [9.17, 15) is 4.79 Å². The normalized spacial score (nSPS) is 10.4. The summed E-state index contributed by atoms with van der Waals surface area (Å²) in [6.07, 6.45) is 0. The molecule has 4 nitrogen and oxygen atoms in total. The molecule has 0 radical (unpaired) electrons. The summed E-state index contributed by atoms with van der Waals surface area (Å²) in [6, 6.07) is 0. The maximum absolute atomic E-state index is 11.1. The number of carbonyl (C=O) groups excluding carboxylic acids is 1. The van der Waals surface area contributed by atoms with Crippen LogP contribution in [0.15, 0.2) is 4.47 Å². The van der Waals surface area contributed by atoms with E-state index in [0.29, 0.717) is 6.54 Å². The first kappa shape index (κ1) is 16.0. The van der Waals surface area contributed by atoms with Crippen molar-refractivity contribution < 1.29 is 14.3 Å². The number of hydrogen-bond acceptors (Lipinski definition) is 4. The first-order valence-electron chi connectivity index (χ1n) is 6.03. The van der Waals surface area contributed by atoms with Crippen molar-refractivity contribution in [3.63, 3.8) is 0 Å². The van der Waals surface area contributed by atoms with Crippen molar-refractivity contribution in [1.29, 1.82) is 0 Å². The van der Waals surface area contributed by atoms with Gasteiger partial charge in [0.25, 0.3) is 0 Å². The average molecular weight is 330 g/mol. The average Bonchev–Trinajstić information content (AvgIpc) is 2.41. The topological polar surface area (TPSA) is 47.6 Å². The van der Waals surface area contributed by atoms with E-state index >= 15 is 0 Å². The predicted octanol–water partition coefficient (Wildman–Crippen LogP) is 2.65. The lowest BCUT2D eigenvalue weighted by molar-refractivity contribution is -0.139. The first-order chi connectivity index (χ1) is 8.93. The molecule has 0 fully saturated rings. The van der Waals surface area contributed by atoms with Gasteiger partial charge in [-0.1, -0.05) is 15.9 Å². The Bertz CT molecular complexity index is 486. The van der Waals surface area contributed by atoms with Crippen LogP contribution in [0.5, 0.6) is 5.75 Å². The molecule has 0 aliphatic carbocycles. The number of hydrogen-bond donors (Lipinski definition) is 1. The Morgan fingerprint density at radius 3 is 2.32 bits per heavy atom. The molecule has 0 heterocycles. The molecule has 0 saturated heterocycles. The highest BCUT2D eigenvalue weighted by molar-refractivity contribution is 9.10. The van der Waals surface area contributed by atoms with E-state index in [-0.39, 0.29) is 12.5 Å². The number of esters is 1. The number of nitrogens with one attached hydrogen (secondary N) is 1. The zero-order valence-electron chi connectivity index (χ0n) is 12.0. The highest BCUT2D eigenvalue weighted by Crippen LogP contribution is 2.35. The second-order valence-electron chi connectivity index (χ2n) is 4.38. The third kappa shape index (κ3) is 3.48. The molecule has 106 valence electrons. The van der Waals surface area contributed by atoms with E-state index in [1.54, 1.807) is 7.11 Å². The van der Waals surface area contributed by atoms with Crippen molar-refractivity contribution in [2.45, 2.75) is 27.3 Å². The van der Waals surface area contributed by atoms with Gasteiger partial charge in [-0.2, -0.15) is 0 Å². The number of ether oxygens (including phenoxy) is 2. The fourth-order valence-electron chi connectivity index (χ4n) is 2.00. The summed E-state index contributed by atoms with van der Waals surface area (Å²) >= 11 is 3.60. The van der Waals surface area contributed by atoms with Crippen LogP contribution in [0.3, 0.4) is 0 Å². The zero-order valence-corrected chi connectivity index (χ0v) is 13.6. The summed E-state index contributed by atoms with van der Waals surface area (Å²) in [5.74, 6) is 0.593. The molecule has 1 aromatic rings. The maximum atomic E-state index is 11.1. The van der Waals surface area contributed by atoms with E-state index in [1.165, 1.54) is 12.7 Å². The number of methoxy groups -OCH3 is 2. The Kier molecular flexibility index (Phi) is 5.82. The van der Waals surface area contributed by atoms with Crippen LogP contribution < -0.4 is 10.1 Å². The molecule has 0 amide bonds. The summed E-state index contributed by atoms with van der Waals surface area (Å²) in [4.78, 5) is 11.1. The van der Waals surface area contributed by atoms with Gasteiger partial charge in [-0.25, -0.2) is 0 Å². The summed E-state index contributed by atoms with van der Waals surface area (Å²) in [6.45, 7) is 6.87. The summed E-state index contributed by atoms with van der Waals surface area (Å²) in [5.41, 5.74) is 4.46. The van der Waals surface area contributed by atoms with Gasteiger partial charge < -0.3 is 14.8 Å². The van der Waals surface area contributed by atoms with Crippen LogP contribution in [-0.2, 0) is 16.1 Å². The molecular formula is C14H20BrNO3. The number of rotatable bonds is 5. The Labute approximate surface area is 122 Å². The van der Waals surface area contributed by atoms with Crippen molar-refractivity contribution in [2.75, 3.05) is 20.8 Å². The highest BCUT2D eigenvalue weighted by Gasteiger charge is 2.16. The van der Waals surface area contributed by atoms with E-state index in [2.05, 4.69) is 32.9 Å². The largest absolute Gasteiger partial charge is 0.496 e. The highest BCUT2D eigenvalue weighted by atomic mass is 79.9. The number of halogens is 1. The second kappa shape index (κ2) is 6.91. The molecule has 1 N–H and O–H groups in total. The summed E-state index contributed by atoms with van der Waals surface area (Å²) in [7, 11) is 3.04. The van der Waals surface area contributed by atoms with Crippen molar-refractivity contribution in [2.24, 2.45) is 0 Å². The number of carbonyl (C=O) groups is 1. The van der Waals surface area contributed by atoms with Gasteiger partial charge in [0.05, 0.1) is 20.8 Å². The maximum Gasteiger partial charge on any atom is 0.319 e. The third-order valence-corrected chi connectivity index (χ3v) is 4.48.